The highest BCUT2D eigenvalue weighted by Crippen LogP contribution is 2.33. The summed E-state index contributed by atoms with van der Waals surface area (Å²) in [6.45, 7) is 1.81. The Morgan fingerprint density at radius 3 is 3.00 bits per heavy atom. The Hall–Kier alpha value is -1.86. The van der Waals surface area contributed by atoms with Gasteiger partial charge in [-0.25, -0.2) is 4.39 Å². The summed E-state index contributed by atoms with van der Waals surface area (Å²) in [4.78, 5) is 12.0. The summed E-state index contributed by atoms with van der Waals surface area (Å²) in [7, 11) is 0. The Balaban J connectivity index is 2.12. The third-order valence-electron chi connectivity index (χ3n) is 3.29. The van der Waals surface area contributed by atoms with Crippen LogP contribution >= 0.6 is 0 Å². The van der Waals surface area contributed by atoms with Crippen LogP contribution in [0.3, 0.4) is 0 Å². The van der Waals surface area contributed by atoms with Crippen LogP contribution in [-0.2, 0) is 0 Å². The Bertz CT molecular complexity index is 545. The molecule has 100 valence electrons. The van der Waals surface area contributed by atoms with Gasteiger partial charge in [-0.1, -0.05) is 25.2 Å². The molecule has 1 aliphatic carbocycles. The predicted molar refractivity (Wildman–Crippen MR) is 70.0 cm³/mol. The van der Waals surface area contributed by atoms with E-state index in [-0.39, 0.29) is 18.2 Å². The number of benzene rings is 1. The topological polar surface area (TPSA) is 49.3 Å². The van der Waals surface area contributed by atoms with Crippen molar-refractivity contribution in [2.75, 3.05) is 6.61 Å². The zero-order valence-electron chi connectivity index (χ0n) is 10.7. The van der Waals surface area contributed by atoms with Crippen LogP contribution in [0.4, 0.5) is 4.39 Å². The summed E-state index contributed by atoms with van der Waals surface area (Å²) < 4.78 is 13.6. The minimum Gasteiger partial charge on any atom is -0.384 e. The van der Waals surface area contributed by atoms with Crippen molar-refractivity contribution in [1.29, 1.82) is 0 Å². The van der Waals surface area contributed by atoms with Crippen molar-refractivity contribution in [2.24, 2.45) is 5.92 Å². The molecule has 19 heavy (non-hydrogen) atoms. The molecule has 1 aromatic rings. The number of aliphatic hydroxyl groups is 1. The molecular weight excluding hydrogens is 245 g/mol. The van der Waals surface area contributed by atoms with E-state index < -0.39 is 11.7 Å². The third kappa shape index (κ3) is 3.33. The second-order valence-electron chi connectivity index (χ2n) is 4.64. The van der Waals surface area contributed by atoms with Gasteiger partial charge in [0.25, 0.3) is 5.91 Å². The minimum atomic E-state index is -0.555. The number of halogens is 1. The molecule has 3 nitrogen and oxygen atoms in total. The lowest BCUT2D eigenvalue weighted by atomic mass is 10.1. The number of hydrogen-bond acceptors (Lipinski definition) is 2. The maximum atomic E-state index is 13.6. The Morgan fingerprint density at radius 1 is 1.58 bits per heavy atom. The third-order valence-corrected chi connectivity index (χ3v) is 3.29. The lowest BCUT2D eigenvalue weighted by Crippen LogP contribution is -2.27. The number of hydrogen-bond donors (Lipinski definition) is 2. The van der Waals surface area contributed by atoms with Crippen LogP contribution < -0.4 is 5.32 Å². The molecule has 1 saturated carbocycles. The van der Waals surface area contributed by atoms with Gasteiger partial charge >= 0.3 is 0 Å². The fourth-order valence-corrected chi connectivity index (χ4v) is 2.04. The molecular formula is C15H16FNO2. The van der Waals surface area contributed by atoms with Crippen LogP contribution in [0.15, 0.2) is 18.2 Å². The molecule has 1 aromatic carbocycles. The quantitative estimate of drug-likeness (QED) is 0.814. The first kappa shape index (κ1) is 13.6. The molecule has 0 aliphatic heterocycles. The van der Waals surface area contributed by atoms with Gasteiger partial charge < -0.3 is 10.4 Å². The zero-order valence-corrected chi connectivity index (χ0v) is 10.7. The van der Waals surface area contributed by atoms with Crippen molar-refractivity contribution >= 4 is 5.91 Å². The highest BCUT2D eigenvalue weighted by molar-refractivity contribution is 5.95. The van der Waals surface area contributed by atoms with Gasteiger partial charge in [-0.3, -0.25) is 4.79 Å². The molecule has 0 aromatic heterocycles. The fourth-order valence-electron chi connectivity index (χ4n) is 2.04. The summed E-state index contributed by atoms with van der Waals surface area (Å²) in [5, 5.41) is 11.4. The van der Waals surface area contributed by atoms with Crippen LogP contribution in [0.1, 0.15) is 35.7 Å². The van der Waals surface area contributed by atoms with Gasteiger partial charge in [0, 0.05) is 11.6 Å². The highest BCUT2D eigenvalue weighted by atomic mass is 19.1. The molecule has 2 N–H and O–H groups in total. The minimum absolute atomic E-state index is 0.00601. The number of amides is 1. The van der Waals surface area contributed by atoms with E-state index in [2.05, 4.69) is 24.1 Å². The van der Waals surface area contributed by atoms with Crippen LogP contribution in [0.2, 0.25) is 0 Å². The van der Waals surface area contributed by atoms with Gasteiger partial charge in [-0.05, 0) is 30.5 Å². The zero-order chi connectivity index (χ0) is 13.8. The van der Waals surface area contributed by atoms with Gasteiger partial charge in [0.2, 0.25) is 0 Å². The molecule has 2 atom stereocenters. The molecule has 2 rings (SSSR count). The predicted octanol–water partition coefficient (Wildman–Crippen LogP) is 1.70. The molecule has 0 saturated heterocycles. The Kier molecular flexibility index (Phi) is 4.18. The van der Waals surface area contributed by atoms with Crippen LogP contribution in [0.5, 0.6) is 0 Å². The maximum Gasteiger partial charge on any atom is 0.254 e. The van der Waals surface area contributed by atoms with Crippen molar-refractivity contribution < 1.29 is 14.3 Å². The maximum absolute atomic E-state index is 13.6. The number of aliphatic hydroxyl groups excluding tert-OH is 1. The van der Waals surface area contributed by atoms with Crippen molar-refractivity contribution in [3.8, 4) is 11.8 Å². The molecule has 4 heteroatoms. The largest absolute Gasteiger partial charge is 0.384 e. The highest BCUT2D eigenvalue weighted by Gasteiger charge is 2.36. The van der Waals surface area contributed by atoms with E-state index in [1.165, 1.54) is 18.2 Å². The first-order valence-corrected chi connectivity index (χ1v) is 6.35. The molecule has 0 radical (unpaired) electrons. The van der Waals surface area contributed by atoms with Crippen molar-refractivity contribution in [3.05, 3.63) is 35.1 Å². The average molecular weight is 261 g/mol. The number of carbonyl (C=O) groups is 1. The van der Waals surface area contributed by atoms with Gasteiger partial charge in [-0.2, -0.15) is 0 Å². The van der Waals surface area contributed by atoms with E-state index in [0.717, 1.165) is 12.8 Å². The molecule has 1 amide bonds. The first-order valence-electron chi connectivity index (χ1n) is 6.35. The number of nitrogens with one attached hydrogen (secondary N) is 1. The number of carbonyl (C=O) groups excluding carboxylic acids is 1. The molecule has 1 fully saturated rings. The smallest absolute Gasteiger partial charge is 0.254 e. The molecule has 0 heterocycles. The van der Waals surface area contributed by atoms with Crippen molar-refractivity contribution in [1.82, 2.24) is 5.32 Å². The first-order chi connectivity index (χ1) is 9.15. The fraction of sp³-hybridized carbons (Fsp3) is 0.400. The van der Waals surface area contributed by atoms with E-state index in [0.29, 0.717) is 11.5 Å². The van der Waals surface area contributed by atoms with Crippen LogP contribution in [0.25, 0.3) is 0 Å². The molecule has 2 unspecified atom stereocenters. The van der Waals surface area contributed by atoms with E-state index in [9.17, 15) is 9.18 Å². The molecule has 1 aliphatic rings. The summed E-state index contributed by atoms with van der Waals surface area (Å²) >= 11 is 0. The Morgan fingerprint density at radius 2 is 2.37 bits per heavy atom. The van der Waals surface area contributed by atoms with Crippen LogP contribution in [0, 0.1) is 23.6 Å². The van der Waals surface area contributed by atoms with E-state index >= 15 is 0 Å². The van der Waals surface area contributed by atoms with Gasteiger partial charge in [0.15, 0.2) is 0 Å². The second kappa shape index (κ2) is 5.85. The summed E-state index contributed by atoms with van der Waals surface area (Å²) in [6, 6.07) is 4.29. The van der Waals surface area contributed by atoms with E-state index in [1.807, 2.05) is 0 Å². The standard InChI is InChI=1S/C15H16FNO2/c1-2-11-9-14(11)17-15(19)12-8-10(4-3-7-18)5-6-13(12)16/h5-6,8,11,14,18H,2,7,9H2,1H3,(H,17,19). The van der Waals surface area contributed by atoms with Gasteiger partial charge in [0.05, 0.1) is 5.56 Å². The lowest BCUT2D eigenvalue weighted by molar-refractivity contribution is 0.0945. The van der Waals surface area contributed by atoms with Gasteiger partial charge in [-0.15, -0.1) is 0 Å². The monoisotopic (exact) mass is 261 g/mol. The molecule has 0 bridgehead atoms. The SMILES string of the molecule is CCC1CC1NC(=O)c1cc(C#CCO)ccc1F. The van der Waals surface area contributed by atoms with E-state index in [1.54, 1.807) is 0 Å². The summed E-state index contributed by atoms with van der Waals surface area (Å²) in [6.07, 6.45) is 1.99. The van der Waals surface area contributed by atoms with Crippen molar-refractivity contribution in [3.63, 3.8) is 0 Å². The van der Waals surface area contributed by atoms with Crippen LogP contribution in [-0.4, -0.2) is 23.7 Å². The van der Waals surface area contributed by atoms with E-state index in [4.69, 9.17) is 5.11 Å². The number of rotatable bonds is 3. The van der Waals surface area contributed by atoms with Gasteiger partial charge in [0.1, 0.15) is 12.4 Å². The summed E-state index contributed by atoms with van der Waals surface area (Å²) in [5.74, 6) is 4.70. The van der Waals surface area contributed by atoms with Crippen molar-refractivity contribution in [2.45, 2.75) is 25.8 Å². The molecule has 0 spiro atoms. The summed E-state index contributed by atoms with van der Waals surface area (Å²) in [5.41, 5.74) is 0.523. The lowest BCUT2D eigenvalue weighted by Gasteiger charge is -2.06. The average Bonchev–Trinajstić information content (AvgIpc) is 3.16. The normalized spacial score (nSPS) is 20.4. The Labute approximate surface area is 111 Å². The second-order valence-corrected chi connectivity index (χ2v) is 4.64.